The molecule has 2 bridgehead atoms. The first-order valence-electron chi connectivity index (χ1n) is 9.96. The van der Waals surface area contributed by atoms with Gasteiger partial charge in [0.15, 0.2) is 0 Å². The Balaban J connectivity index is 1.32. The number of sulfonamides is 1. The Hall–Kier alpha value is -2.72. The smallest absolute Gasteiger partial charge is 0.276 e. The number of carbonyl (C=O) groups excluding carboxylic acids is 2. The summed E-state index contributed by atoms with van der Waals surface area (Å²) in [6.45, 7) is 1.79. The Morgan fingerprint density at radius 2 is 1.82 bits per heavy atom. The van der Waals surface area contributed by atoms with Gasteiger partial charge in [-0.05, 0) is 48.9 Å². The Bertz CT molecular complexity index is 1340. The van der Waals surface area contributed by atoms with Crippen molar-refractivity contribution in [2.24, 2.45) is 16.9 Å². The summed E-state index contributed by atoms with van der Waals surface area (Å²) in [5, 5.41) is 4.44. The minimum atomic E-state index is -3.97. The van der Waals surface area contributed by atoms with Crippen LogP contribution in [0.2, 0.25) is 10.0 Å². The molecule has 2 amide bonds. The highest BCUT2D eigenvalue weighted by molar-refractivity contribution is 7.89. The molecule has 5 rings (SSSR count). The molecule has 2 aromatic rings. The molecule has 8 nitrogen and oxygen atoms in total. The lowest BCUT2D eigenvalue weighted by atomic mass is 9.78. The van der Waals surface area contributed by atoms with E-state index in [2.05, 4.69) is 9.93 Å². The monoisotopic (exact) mass is 505 g/mol. The molecule has 3 aliphatic rings. The standard InChI is InChI=1S/C22H17Cl2N3O5S/c1-22-9-8-17(32-22)18-19(22)21(29)27(20(18)28)13-3-5-14(6-4-13)33(30,31)26-25-11-12-2-7-15(23)16(24)10-12/h2-11,17-19,26H,1H3/b25-11+/t17-,18-,19+,22+/m1/s1. The van der Waals surface area contributed by atoms with E-state index in [1.165, 1.54) is 30.5 Å². The molecule has 1 N–H and O–H groups in total. The number of hydrazone groups is 1. The van der Waals surface area contributed by atoms with Gasteiger partial charge in [-0.15, -0.1) is 0 Å². The number of amides is 2. The first-order valence-corrected chi connectivity index (χ1v) is 12.2. The van der Waals surface area contributed by atoms with E-state index in [9.17, 15) is 18.0 Å². The molecule has 0 aromatic heterocycles. The fraction of sp³-hybridized carbons (Fsp3) is 0.227. The van der Waals surface area contributed by atoms with Crippen LogP contribution in [-0.2, 0) is 24.3 Å². The number of imide groups is 1. The molecule has 0 radical (unpaired) electrons. The van der Waals surface area contributed by atoms with Crippen molar-refractivity contribution in [2.45, 2.75) is 23.5 Å². The van der Waals surface area contributed by atoms with Crippen molar-refractivity contribution in [1.29, 1.82) is 0 Å². The molecule has 0 unspecified atom stereocenters. The SMILES string of the molecule is C[C@@]12C=C[C@@H](O1)[C@H]1C(=O)N(c3ccc(S(=O)(=O)N/N=C/c4ccc(Cl)c(Cl)c4)cc3)C(=O)[C@H]12. The van der Waals surface area contributed by atoms with E-state index in [4.69, 9.17) is 27.9 Å². The number of anilines is 1. The number of hydrogen-bond donors (Lipinski definition) is 1. The van der Waals surface area contributed by atoms with Gasteiger partial charge in [-0.1, -0.05) is 41.4 Å². The van der Waals surface area contributed by atoms with Crippen LogP contribution in [0.5, 0.6) is 0 Å². The zero-order chi connectivity index (χ0) is 23.5. The van der Waals surface area contributed by atoms with E-state index in [-0.39, 0.29) is 16.7 Å². The molecule has 2 fully saturated rings. The number of rotatable bonds is 5. The number of carbonyl (C=O) groups is 2. The summed E-state index contributed by atoms with van der Waals surface area (Å²) in [7, 11) is -3.97. The van der Waals surface area contributed by atoms with Gasteiger partial charge in [-0.3, -0.25) is 9.59 Å². The molecule has 3 aliphatic heterocycles. The van der Waals surface area contributed by atoms with E-state index in [1.807, 2.05) is 12.2 Å². The lowest BCUT2D eigenvalue weighted by Crippen LogP contribution is -2.38. The Labute approximate surface area is 199 Å². The summed E-state index contributed by atoms with van der Waals surface area (Å²) in [5.74, 6) is -1.84. The van der Waals surface area contributed by atoms with E-state index >= 15 is 0 Å². The van der Waals surface area contributed by atoms with Crippen LogP contribution in [0.4, 0.5) is 5.69 Å². The highest BCUT2D eigenvalue weighted by Crippen LogP contribution is 2.52. The van der Waals surface area contributed by atoms with Gasteiger partial charge < -0.3 is 4.74 Å². The number of hydrogen-bond acceptors (Lipinski definition) is 6. The molecule has 0 saturated carbocycles. The van der Waals surface area contributed by atoms with Crippen molar-refractivity contribution in [1.82, 2.24) is 4.83 Å². The van der Waals surface area contributed by atoms with Crippen LogP contribution in [0.3, 0.4) is 0 Å². The Kier molecular flexibility index (Phi) is 5.13. The van der Waals surface area contributed by atoms with Crippen molar-refractivity contribution >= 4 is 56.9 Å². The molecule has 33 heavy (non-hydrogen) atoms. The number of nitrogens with zero attached hydrogens (tertiary/aromatic N) is 2. The topological polar surface area (TPSA) is 105 Å². The molecule has 0 aliphatic carbocycles. The Morgan fingerprint density at radius 1 is 1.09 bits per heavy atom. The molecule has 2 aromatic carbocycles. The van der Waals surface area contributed by atoms with Crippen LogP contribution < -0.4 is 9.73 Å². The van der Waals surface area contributed by atoms with Crippen molar-refractivity contribution < 1.29 is 22.7 Å². The summed E-state index contributed by atoms with van der Waals surface area (Å²) >= 11 is 11.8. The van der Waals surface area contributed by atoms with Crippen LogP contribution in [0.15, 0.2) is 64.6 Å². The normalized spacial score (nSPS) is 28.2. The quantitative estimate of drug-likeness (QED) is 0.291. The average Bonchev–Trinajstić information content (AvgIpc) is 3.39. The van der Waals surface area contributed by atoms with Gasteiger partial charge in [0.05, 0.1) is 50.4 Å². The summed E-state index contributed by atoms with van der Waals surface area (Å²) < 4.78 is 30.9. The Morgan fingerprint density at radius 3 is 2.48 bits per heavy atom. The van der Waals surface area contributed by atoms with E-state index in [1.54, 1.807) is 25.1 Å². The summed E-state index contributed by atoms with van der Waals surface area (Å²) in [6, 6.07) is 10.2. The maximum absolute atomic E-state index is 13.0. The minimum absolute atomic E-state index is 0.0751. The van der Waals surface area contributed by atoms with Crippen LogP contribution in [0.1, 0.15) is 12.5 Å². The van der Waals surface area contributed by atoms with Gasteiger partial charge in [0.2, 0.25) is 11.8 Å². The number of fused-ring (bicyclic) bond motifs is 5. The van der Waals surface area contributed by atoms with Gasteiger partial charge >= 0.3 is 0 Å². The van der Waals surface area contributed by atoms with Gasteiger partial charge in [-0.25, -0.2) is 9.73 Å². The minimum Gasteiger partial charge on any atom is -0.362 e. The van der Waals surface area contributed by atoms with Crippen LogP contribution in [0.25, 0.3) is 0 Å². The predicted octanol–water partition coefficient (Wildman–Crippen LogP) is 3.14. The second-order valence-electron chi connectivity index (χ2n) is 8.16. The summed E-state index contributed by atoms with van der Waals surface area (Å²) in [4.78, 5) is 29.1. The van der Waals surface area contributed by atoms with Gasteiger partial charge in [0, 0.05) is 0 Å². The van der Waals surface area contributed by atoms with Crippen LogP contribution in [-0.4, -0.2) is 38.2 Å². The van der Waals surface area contributed by atoms with Crippen LogP contribution >= 0.6 is 23.2 Å². The zero-order valence-corrected chi connectivity index (χ0v) is 19.4. The molecule has 0 spiro atoms. The third-order valence-corrected chi connectivity index (χ3v) is 8.04. The maximum atomic E-state index is 13.0. The van der Waals surface area contributed by atoms with Crippen molar-refractivity contribution in [2.75, 3.05) is 4.90 Å². The van der Waals surface area contributed by atoms with Gasteiger partial charge in [0.1, 0.15) is 0 Å². The number of nitrogens with one attached hydrogen (secondary N) is 1. The molecule has 3 heterocycles. The molecule has 4 atom stereocenters. The molecular formula is C22H17Cl2N3O5S. The molecule has 2 saturated heterocycles. The lowest BCUT2D eigenvalue weighted by molar-refractivity contribution is -0.126. The van der Waals surface area contributed by atoms with Crippen LogP contribution in [0, 0.1) is 11.8 Å². The maximum Gasteiger partial charge on any atom is 0.276 e. The van der Waals surface area contributed by atoms with Gasteiger partial charge in [-0.2, -0.15) is 13.5 Å². The number of halogens is 2. The first kappa shape index (κ1) is 22.1. The van der Waals surface area contributed by atoms with Crippen molar-refractivity contribution in [3.63, 3.8) is 0 Å². The van der Waals surface area contributed by atoms with E-state index in [0.717, 1.165) is 4.90 Å². The highest BCUT2D eigenvalue weighted by Gasteiger charge is 2.66. The molecule has 11 heteroatoms. The second kappa shape index (κ2) is 7.66. The second-order valence-corrected chi connectivity index (χ2v) is 10.6. The zero-order valence-electron chi connectivity index (χ0n) is 17.1. The molecule has 170 valence electrons. The lowest BCUT2D eigenvalue weighted by Gasteiger charge is -2.24. The average molecular weight is 506 g/mol. The summed E-state index contributed by atoms with van der Waals surface area (Å²) in [6.07, 6.45) is 4.52. The predicted molar refractivity (Wildman–Crippen MR) is 123 cm³/mol. The van der Waals surface area contributed by atoms with E-state index < -0.39 is 33.6 Å². The van der Waals surface area contributed by atoms with Gasteiger partial charge in [0.25, 0.3) is 10.0 Å². The highest BCUT2D eigenvalue weighted by atomic mass is 35.5. The summed E-state index contributed by atoms with van der Waals surface area (Å²) in [5.41, 5.74) is 0.0666. The number of benzene rings is 2. The fourth-order valence-electron chi connectivity index (χ4n) is 4.50. The largest absolute Gasteiger partial charge is 0.362 e. The molecular weight excluding hydrogens is 489 g/mol. The number of ether oxygens (including phenoxy) is 1. The van der Waals surface area contributed by atoms with Crippen molar-refractivity contribution in [3.05, 3.63) is 70.2 Å². The van der Waals surface area contributed by atoms with Crippen molar-refractivity contribution in [3.8, 4) is 0 Å². The third kappa shape index (κ3) is 3.56. The first-order chi connectivity index (χ1) is 15.6. The van der Waals surface area contributed by atoms with E-state index in [0.29, 0.717) is 21.3 Å². The fourth-order valence-corrected chi connectivity index (χ4v) is 5.59. The third-order valence-electron chi connectivity index (χ3n) is 6.06.